The highest BCUT2D eigenvalue weighted by molar-refractivity contribution is 5.92. The van der Waals surface area contributed by atoms with E-state index in [1.54, 1.807) is 0 Å². The standard InChI is InChI=1S/C14H20N2O.ClH/c1-9-3-6-13(7-10(9)2)16-14(17)11-4-5-12(15)8-11;/h3,6-7,11-12H,4-5,8,15H2,1-2H3,(H,16,17);1H. The Kier molecular flexibility index (Phi) is 5.17. The number of nitrogens with one attached hydrogen (secondary N) is 1. The lowest BCUT2D eigenvalue weighted by Gasteiger charge is -2.12. The van der Waals surface area contributed by atoms with E-state index in [0.29, 0.717) is 0 Å². The van der Waals surface area contributed by atoms with Gasteiger partial charge in [-0.3, -0.25) is 4.79 Å². The van der Waals surface area contributed by atoms with Crippen molar-refractivity contribution in [3.63, 3.8) is 0 Å². The molecule has 1 aliphatic carbocycles. The summed E-state index contributed by atoms with van der Waals surface area (Å²) in [5.74, 6) is 0.202. The molecule has 4 heteroatoms. The molecule has 1 aromatic carbocycles. The van der Waals surface area contributed by atoms with Gasteiger partial charge in [0.25, 0.3) is 0 Å². The minimum Gasteiger partial charge on any atom is -0.328 e. The molecule has 2 atom stereocenters. The Morgan fingerprint density at radius 2 is 2.00 bits per heavy atom. The van der Waals surface area contributed by atoms with Gasteiger partial charge in [-0.2, -0.15) is 0 Å². The Labute approximate surface area is 115 Å². The maximum Gasteiger partial charge on any atom is 0.227 e. The number of halogens is 1. The molecule has 0 saturated heterocycles. The number of hydrogen-bond donors (Lipinski definition) is 2. The summed E-state index contributed by atoms with van der Waals surface area (Å²) in [6.45, 7) is 4.12. The zero-order valence-corrected chi connectivity index (χ0v) is 11.7. The summed E-state index contributed by atoms with van der Waals surface area (Å²) < 4.78 is 0. The third kappa shape index (κ3) is 3.47. The van der Waals surface area contributed by atoms with Crippen molar-refractivity contribution >= 4 is 24.0 Å². The third-order valence-electron chi connectivity index (χ3n) is 3.62. The van der Waals surface area contributed by atoms with E-state index in [1.807, 2.05) is 18.2 Å². The molecule has 1 fully saturated rings. The Bertz CT molecular complexity index is 434. The largest absolute Gasteiger partial charge is 0.328 e. The van der Waals surface area contributed by atoms with Crippen molar-refractivity contribution in [3.05, 3.63) is 29.3 Å². The van der Waals surface area contributed by atoms with Crippen LogP contribution in [0.25, 0.3) is 0 Å². The van der Waals surface area contributed by atoms with Crippen LogP contribution in [0.5, 0.6) is 0 Å². The van der Waals surface area contributed by atoms with Crippen molar-refractivity contribution in [2.24, 2.45) is 11.7 Å². The SMILES string of the molecule is Cc1ccc(NC(=O)C2CCC(N)C2)cc1C.Cl. The van der Waals surface area contributed by atoms with Crippen LogP contribution in [-0.4, -0.2) is 11.9 Å². The predicted octanol–water partition coefficient (Wildman–Crippen LogP) is 2.79. The van der Waals surface area contributed by atoms with Crippen LogP contribution in [0.1, 0.15) is 30.4 Å². The molecular formula is C14H21ClN2O. The molecule has 3 nitrogen and oxygen atoms in total. The number of hydrogen-bond acceptors (Lipinski definition) is 2. The molecule has 0 radical (unpaired) electrons. The number of amides is 1. The van der Waals surface area contributed by atoms with E-state index < -0.39 is 0 Å². The molecule has 18 heavy (non-hydrogen) atoms. The van der Waals surface area contributed by atoms with E-state index in [-0.39, 0.29) is 30.3 Å². The van der Waals surface area contributed by atoms with Crippen LogP contribution in [0.3, 0.4) is 0 Å². The van der Waals surface area contributed by atoms with Crippen molar-refractivity contribution in [1.82, 2.24) is 0 Å². The van der Waals surface area contributed by atoms with Crippen LogP contribution in [0.4, 0.5) is 5.69 Å². The second-order valence-corrected chi connectivity index (χ2v) is 5.06. The molecule has 0 bridgehead atoms. The normalized spacial score (nSPS) is 22.4. The number of rotatable bonds is 2. The first-order valence-electron chi connectivity index (χ1n) is 6.20. The van der Waals surface area contributed by atoms with Gasteiger partial charge in [-0.05, 0) is 56.4 Å². The Morgan fingerprint density at radius 1 is 1.28 bits per heavy atom. The highest BCUT2D eigenvalue weighted by atomic mass is 35.5. The second kappa shape index (κ2) is 6.21. The summed E-state index contributed by atoms with van der Waals surface area (Å²) in [7, 11) is 0. The molecule has 0 spiro atoms. The second-order valence-electron chi connectivity index (χ2n) is 5.06. The number of benzene rings is 1. The van der Waals surface area contributed by atoms with Crippen LogP contribution in [0.2, 0.25) is 0 Å². The summed E-state index contributed by atoms with van der Waals surface area (Å²) in [4.78, 5) is 12.0. The summed E-state index contributed by atoms with van der Waals surface area (Å²) in [5, 5.41) is 2.98. The predicted molar refractivity (Wildman–Crippen MR) is 77.1 cm³/mol. The topological polar surface area (TPSA) is 55.1 Å². The zero-order valence-electron chi connectivity index (χ0n) is 10.9. The molecule has 100 valence electrons. The van der Waals surface area contributed by atoms with E-state index in [9.17, 15) is 4.79 Å². The van der Waals surface area contributed by atoms with Crippen molar-refractivity contribution in [2.75, 3.05) is 5.32 Å². The maximum atomic E-state index is 12.0. The van der Waals surface area contributed by atoms with Crippen LogP contribution in [0.15, 0.2) is 18.2 Å². The van der Waals surface area contributed by atoms with Crippen molar-refractivity contribution < 1.29 is 4.79 Å². The van der Waals surface area contributed by atoms with Gasteiger partial charge in [0, 0.05) is 17.6 Å². The van der Waals surface area contributed by atoms with Crippen molar-refractivity contribution in [1.29, 1.82) is 0 Å². The van der Waals surface area contributed by atoms with Gasteiger partial charge in [-0.15, -0.1) is 12.4 Å². The zero-order chi connectivity index (χ0) is 12.4. The van der Waals surface area contributed by atoms with Crippen LogP contribution >= 0.6 is 12.4 Å². The lowest BCUT2D eigenvalue weighted by molar-refractivity contribution is -0.119. The lowest BCUT2D eigenvalue weighted by atomic mass is 10.1. The number of aryl methyl sites for hydroxylation is 2. The molecule has 1 saturated carbocycles. The average molecular weight is 269 g/mol. The average Bonchev–Trinajstić information content (AvgIpc) is 2.70. The number of anilines is 1. The van der Waals surface area contributed by atoms with Gasteiger partial charge < -0.3 is 11.1 Å². The molecule has 2 unspecified atom stereocenters. The fraction of sp³-hybridized carbons (Fsp3) is 0.500. The minimum absolute atomic E-state index is 0. The summed E-state index contributed by atoms with van der Waals surface area (Å²) in [6.07, 6.45) is 2.69. The molecule has 3 N–H and O–H groups in total. The first-order chi connectivity index (χ1) is 8.06. The van der Waals surface area contributed by atoms with Gasteiger partial charge in [0.2, 0.25) is 5.91 Å². The molecule has 0 aromatic heterocycles. The molecular weight excluding hydrogens is 248 g/mol. The smallest absolute Gasteiger partial charge is 0.227 e. The quantitative estimate of drug-likeness (QED) is 0.867. The third-order valence-corrected chi connectivity index (χ3v) is 3.62. The van der Waals surface area contributed by atoms with E-state index in [2.05, 4.69) is 19.2 Å². The first kappa shape index (κ1) is 15.0. The summed E-state index contributed by atoms with van der Waals surface area (Å²) in [6, 6.07) is 6.20. The maximum absolute atomic E-state index is 12.0. The molecule has 2 rings (SSSR count). The Morgan fingerprint density at radius 3 is 2.56 bits per heavy atom. The Balaban J connectivity index is 0.00000162. The van der Waals surface area contributed by atoms with Crippen LogP contribution in [-0.2, 0) is 4.79 Å². The number of carbonyl (C=O) groups excluding carboxylic acids is 1. The van der Waals surface area contributed by atoms with E-state index in [0.717, 1.165) is 24.9 Å². The van der Waals surface area contributed by atoms with Crippen LogP contribution < -0.4 is 11.1 Å². The van der Waals surface area contributed by atoms with Gasteiger partial charge in [0.15, 0.2) is 0 Å². The summed E-state index contributed by atoms with van der Waals surface area (Å²) >= 11 is 0. The van der Waals surface area contributed by atoms with Gasteiger partial charge >= 0.3 is 0 Å². The van der Waals surface area contributed by atoms with E-state index >= 15 is 0 Å². The lowest BCUT2D eigenvalue weighted by Crippen LogP contribution is -2.23. The van der Waals surface area contributed by atoms with Gasteiger partial charge in [0.05, 0.1) is 0 Å². The molecule has 1 aromatic rings. The highest BCUT2D eigenvalue weighted by Crippen LogP contribution is 2.25. The summed E-state index contributed by atoms with van der Waals surface area (Å²) in [5.41, 5.74) is 9.15. The van der Waals surface area contributed by atoms with E-state index in [4.69, 9.17) is 5.73 Å². The van der Waals surface area contributed by atoms with Gasteiger partial charge in [-0.1, -0.05) is 6.07 Å². The molecule has 0 heterocycles. The fourth-order valence-corrected chi connectivity index (χ4v) is 2.32. The van der Waals surface area contributed by atoms with Gasteiger partial charge in [-0.25, -0.2) is 0 Å². The minimum atomic E-state index is 0. The molecule has 0 aliphatic heterocycles. The molecule has 1 amide bonds. The number of carbonyl (C=O) groups is 1. The Hall–Kier alpha value is -1.06. The van der Waals surface area contributed by atoms with Crippen molar-refractivity contribution in [3.8, 4) is 0 Å². The molecule has 1 aliphatic rings. The van der Waals surface area contributed by atoms with Crippen LogP contribution in [0, 0.1) is 19.8 Å². The fourth-order valence-electron chi connectivity index (χ4n) is 2.32. The van der Waals surface area contributed by atoms with E-state index in [1.165, 1.54) is 11.1 Å². The van der Waals surface area contributed by atoms with Crippen molar-refractivity contribution in [2.45, 2.75) is 39.2 Å². The highest BCUT2D eigenvalue weighted by Gasteiger charge is 2.27. The first-order valence-corrected chi connectivity index (χ1v) is 6.20. The number of nitrogens with two attached hydrogens (primary N) is 1. The monoisotopic (exact) mass is 268 g/mol. The van der Waals surface area contributed by atoms with Gasteiger partial charge in [0.1, 0.15) is 0 Å².